The second-order valence-corrected chi connectivity index (χ2v) is 3.41. The Hall–Kier alpha value is -1.75. The average molecular weight is 225 g/mol. The Morgan fingerprint density at radius 3 is 2.81 bits per heavy atom. The first-order chi connectivity index (χ1) is 7.63. The maximum atomic E-state index is 11.3. The van der Waals surface area contributed by atoms with Gasteiger partial charge in [0.2, 0.25) is 0 Å². The fourth-order valence-corrected chi connectivity index (χ4v) is 1.08. The van der Waals surface area contributed by atoms with Crippen molar-refractivity contribution in [3.63, 3.8) is 0 Å². The third kappa shape index (κ3) is 3.78. The fourth-order valence-electron chi connectivity index (χ4n) is 1.08. The van der Waals surface area contributed by atoms with Gasteiger partial charge in [-0.25, -0.2) is 0 Å². The first-order valence-electron chi connectivity index (χ1n) is 4.94. The van der Waals surface area contributed by atoms with Gasteiger partial charge in [-0.2, -0.15) is 0 Å². The summed E-state index contributed by atoms with van der Waals surface area (Å²) in [4.78, 5) is 11.3. The van der Waals surface area contributed by atoms with Crippen molar-refractivity contribution in [2.24, 2.45) is 0 Å². The molecule has 1 aromatic rings. The molecule has 0 saturated heterocycles. The lowest BCUT2D eigenvalue weighted by Gasteiger charge is -2.11. The fraction of sp³-hybridized carbons (Fsp3) is 0.364. The highest BCUT2D eigenvalue weighted by molar-refractivity contribution is 5.77. The summed E-state index contributed by atoms with van der Waals surface area (Å²) in [5.41, 5.74) is 0. The van der Waals surface area contributed by atoms with Crippen molar-refractivity contribution in [3.8, 4) is 11.5 Å². The molecule has 0 heterocycles. The Bertz CT molecular complexity index is 354. The molecule has 0 aliphatic rings. The van der Waals surface area contributed by atoms with Crippen LogP contribution in [0.5, 0.6) is 11.5 Å². The Morgan fingerprint density at radius 2 is 2.19 bits per heavy atom. The number of hydrogen-bond donors (Lipinski definition) is 3. The van der Waals surface area contributed by atoms with Gasteiger partial charge in [0.15, 0.2) is 18.1 Å². The third-order valence-electron chi connectivity index (χ3n) is 1.91. The summed E-state index contributed by atoms with van der Waals surface area (Å²) in [6.07, 6.45) is 0. The quantitative estimate of drug-likeness (QED) is 0.672. The molecule has 0 bridgehead atoms. The van der Waals surface area contributed by atoms with Crippen molar-refractivity contribution in [2.45, 2.75) is 13.0 Å². The van der Waals surface area contributed by atoms with Crippen LogP contribution in [-0.2, 0) is 4.79 Å². The summed E-state index contributed by atoms with van der Waals surface area (Å²) < 4.78 is 5.10. The van der Waals surface area contributed by atoms with E-state index in [1.54, 1.807) is 25.1 Å². The van der Waals surface area contributed by atoms with E-state index in [1.807, 2.05) is 0 Å². The van der Waals surface area contributed by atoms with Gasteiger partial charge in [0, 0.05) is 6.04 Å². The van der Waals surface area contributed by atoms with Gasteiger partial charge in [-0.3, -0.25) is 4.79 Å². The molecule has 0 aliphatic heterocycles. The normalized spacial score (nSPS) is 11.9. The van der Waals surface area contributed by atoms with Crippen molar-refractivity contribution < 1.29 is 19.7 Å². The second-order valence-electron chi connectivity index (χ2n) is 3.41. The molecule has 0 aromatic heterocycles. The van der Waals surface area contributed by atoms with Crippen LogP contribution >= 0.6 is 0 Å². The minimum Gasteiger partial charge on any atom is -0.504 e. The van der Waals surface area contributed by atoms with Crippen LogP contribution in [0.3, 0.4) is 0 Å². The molecule has 1 unspecified atom stereocenters. The Kier molecular flexibility index (Phi) is 4.60. The largest absolute Gasteiger partial charge is 0.504 e. The minimum atomic E-state index is -0.343. The van der Waals surface area contributed by atoms with E-state index in [-0.39, 0.29) is 36.7 Å². The van der Waals surface area contributed by atoms with E-state index in [0.717, 1.165) is 0 Å². The number of aromatic hydroxyl groups is 1. The predicted molar refractivity (Wildman–Crippen MR) is 58.3 cm³/mol. The number of para-hydroxylation sites is 2. The van der Waals surface area contributed by atoms with Crippen LogP contribution in [0.2, 0.25) is 0 Å². The molecule has 1 atom stereocenters. The Labute approximate surface area is 93.7 Å². The van der Waals surface area contributed by atoms with E-state index in [4.69, 9.17) is 9.84 Å². The molecule has 0 spiro atoms. The van der Waals surface area contributed by atoms with Crippen molar-refractivity contribution in [1.29, 1.82) is 0 Å². The zero-order valence-electron chi connectivity index (χ0n) is 9.01. The van der Waals surface area contributed by atoms with Crippen molar-refractivity contribution in [1.82, 2.24) is 5.32 Å². The van der Waals surface area contributed by atoms with Crippen LogP contribution in [-0.4, -0.2) is 35.4 Å². The van der Waals surface area contributed by atoms with Crippen LogP contribution in [0.15, 0.2) is 24.3 Å². The van der Waals surface area contributed by atoms with Gasteiger partial charge in [0.05, 0.1) is 6.61 Å². The van der Waals surface area contributed by atoms with E-state index in [9.17, 15) is 9.90 Å². The van der Waals surface area contributed by atoms with Gasteiger partial charge in [-0.05, 0) is 19.1 Å². The number of rotatable bonds is 5. The highest BCUT2D eigenvalue weighted by Crippen LogP contribution is 2.23. The number of aliphatic hydroxyl groups excluding tert-OH is 1. The van der Waals surface area contributed by atoms with Crippen LogP contribution in [0, 0.1) is 0 Å². The lowest BCUT2D eigenvalue weighted by Crippen LogP contribution is -2.38. The predicted octanol–water partition coefficient (Wildman–Crippen LogP) is 0.268. The van der Waals surface area contributed by atoms with Crippen molar-refractivity contribution >= 4 is 5.91 Å². The summed E-state index contributed by atoms with van der Waals surface area (Å²) in [7, 11) is 0. The Balaban J connectivity index is 2.40. The maximum Gasteiger partial charge on any atom is 0.258 e. The molecule has 88 valence electrons. The number of hydrogen-bond acceptors (Lipinski definition) is 4. The first-order valence-corrected chi connectivity index (χ1v) is 4.94. The topological polar surface area (TPSA) is 78.8 Å². The molecule has 1 rings (SSSR count). The average Bonchev–Trinajstić information content (AvgIpc) is 2.28. The lowest BCUT2D eigenvalue weighted by molar-refractivity contribution is -0.124. The van der Waals surface area contributed by atoms with Crippen LogP contribution in [0.4, 0.5) is 0 Å². The Morgan fingerprint density at radius 1 is 1.50 bits per heavy atom. The number of phenolic OH excluding ortho intramolecular Hbond substituents is 1. The molecule has 1 aromatic carbocycles. The highest BCUT2D eigenvalue weighted by atomic mass is 16.5. The summed E-state index contributed by atoms with van der Waals surface area (Å²) in [6.45, 7) is 1.36. The lowest BCUT2D eigenvalue weighted by atomic mass is 10.3. The van der Waals surface area contributed by atoms with Gasteiger partial charge in [-0.15, -0.1) is 0 Å². The summed E-state index contributed by atoms with van der Waals surface area (Å²) in [5, 5.41) is 20.6. The number of aliphatic hydroxyl groups is 1. The highest BCUT2D eigenvalue weighted by Gasteiger charge is 2.08. The molecule has 0 fully saturated rings. The van der Waals surface area contributed by atoms with E-state index >= 15 is 0 Å². The molecule has 0 saturated carbocycles. The van der Waals surface area contributed by atoms with Crippen LogP contribution < -0.4 is 10.1 Å². The van der Waals surface area contributed by atoms with Crippen molar-refractivity contribution in [3.05, 3.63) is 24.3 Å². The second kappa shape index (κ2) is 5.97. The van der Waals surface area contributed by atoms with Gasteiger partial charge < -0.3 is 20.3 Å². The first kappa shape index (κ1) is 12.3. The molecular weight excluding hydrogens is 210 g/mol. The van der Waals surface area contributed by atoms with E-state index in [1.165, 1.54) is 6.07 Å². The zero-order valence-corrected chi connectivity index (χ0v) is 9.01. The third-order valence-corrected chi connectivity index (χ3v) is 1.91. The summed E-state index contributed by atoms with van der Waals surface area (Å²) in [5.74, 6) is -0.0930. The monoisotopic (exact) mass is 225 g/mol. The van der Waals surface area contributed by atoms with E-state index in [2.05, 4.69) is 5.32 Å². The van der Waals surface area contributed by atoms with E-state index in [0.29, 0.717) is 0 Å². The summed E-state index contributed by atoms with van der Waals surface area (Å²) >= 11 is 0. The minimum absolute atomic E-state index is 0.00879. The molecule has 16 heavy (non-hydrogen) atoms. The van der Waals surface area contributed by atoms with Crippen LogP contribution in [0.1, 0.15) is 6.92 Å². The number of phenols is 1. The molecule has 0 radical (unpaired) electrons. The SMILES string of the molecule is CC(CO)NC(=O)COc1ccccc1O. The number of carbonyl (C=O) groups is 1. The van der Waals surface area contributed by atoms with Gasteiger partial charge >= 0.3 is 0 Å². The number of carbonyl (C=O) groups excluding carboxylic acids is 1. The van der Waals surface area contributed by atoms with Gasteiger partial charge in [-0.1, -0.05) is 12.1 Å². The smallest absolute Gasteiger partial charge is 0.258 e. The molecular formula is C11H15NO4. The molecule has 5 heteroatoms. The van der Waals surface area contributed by atoms with Crippen molar-refractivity contribution in [2.75, 3.05) is 13.2 Å². The summed E-state index contributed by atoms with van der Waals surface area (Å²) in [6, 6.07) is 6.10. The molecule has 0 aliphatic carbocycles. The number of benzene rings is 1. The van der Waals surface area contributed by atoms with Crippen LogP contribution in [0.25, 0.3) is 0 Å². The van der Waals surface area contributed by atoms with Gasteiger partial charge in [0.25, 0.3) is 5.91 Å². The number of amides is 1. The zero-order chi connectivity index (χ0) is 12.0. The molecule has 3 N–H and O–H groups in total. The van der Waals surface area contributed by atoms with Gasteiger partial charge in [0.1, 0.15) is 0 Å². The molecule has 5 nitrogen and oxygen atoms in total. The van der Waals surface area contributed by atoms with E-state index < -0.39 is 0 Å². The standard InChI is InChI=1S/C11H15NO4/c1-8(6-13)12-11(15)7-16-10-5-3-2-4-9(10)14/h2-5,8,13-14H,6-7H2,1H3,(H,12,15). The molecule has 1 amide bonds. The number of nitrogens with one attached hydrogen (secondary N) is 1. The number of ether oxygens (including phenoxy) is 1. The maximum absolute atomic E-state index is 11.3.